The number of aliphatic hydroxyl groups is 6. The summed E-state index contributed by atoms with van der Waals surface area (Å²) in [5.41, 5.74) is 0. The minimum Gasteiger partial charge on any atom is -0.481 e. The summed E-state index contributed by atoms with van der Waals surface area (Å²) in [5, 5.41) is 81.1. The lowest BCUT2D eigenvalue weighted by atomic mass is 9.95. The molecule has 0 aromatic carbocycles. The zero-order chi connectivity index (χ0) is 43.2. The van der Waals surface area contributed by atoms with Crippen molar-refractivity contribution in [1.29, 1.82) is 0 Å². The first-order chi connectivity index (χ1) is 27.6. The van der Waals surface area contributed by atoms with Crippen LogP contribution in [0.15, 0.2) is 0 Å². The smallest absolute Gasteiger partial charge is 0.305 e. The van der Waals surface area contributed by atoms with Crippen LogP contribution in [0.1, 0.15) is 26.7 Å². The van der Waals surface area contributed by atoms with Crippen LogP contribution in [-0.4, -0.2) is 218 Å². The fraction of sp³-hybridized carbons (Fsp3) is 0.818. The molecule has 58 heavy (non-hydrogen) atoms. The number of aliphatic hydroxyl groups excluding tert-OH is 6. The second kappa shape index (κ2) is 27.1. The minimum atomic E-state index is -1.69. The van der Waals surface area contributed by atoms with E-state index in [2.05, 4.69) is 26.6 Å². The van der Waals surface area contributed by atoms with Gasteiger partial charge in [-0.1, -0.05) is 0 Å². The van der Waals surface area contributed by atoms with Crippen molar-refractivity contribution < 1.29 is 97.7 Å². The van der Waals surface area contributed by atoms with E-state index in [0.29, 0.717) is 0 Å². The standard InChI is InChI=1S/C33H57N5O20/c1-17(41)35-25-29(49)27(47)20(14-39)57-32(25)38-22(43)13-19(31(51)34-4-6-53-8-10-55-12-11-54-9-7-52-5-3-24(45)46)37-23(44)16-56-33-26(36-18(2)42)30(50)28(48)21(15-40)58-33/h19-21,25-30,32-33,39-40,47-50H,3-16H2,1-2H3,(H,34,51)(H,35,41)(H,36,42)(H,37,44)(H,38,43)(H,45,46)/t19-,20+,21+,25+,26+,27+,28+,29+,30+,32+,33+/m0/s1. The van der Waals surface area contributed by atoms with Crippen LogP contribution in [0.4, 0.5) is 0 Å². The number of carboxylic acids is 1. The molecule has 334 valence electrons. The van der Waals surface area contributed by atoms with Crippen molar-refractivity contribution in [2.24, 2.45) is 0 Å². The van der Waals surface area contributed by atoms with Crippen LogP contribution in [0.5, 0.6) is 0 Å². The lowest BCUT2D eigenvalue weighted by Gasteiger charge is -2.42. The van der Waals surface area contributed by atoms with E-state index in [1.807, 2.05) is 0 Å². The highest BCUT2D eigenvalue weighted by Crippen LogP contribution is 2.23. The van der Waals surface area contributed by atoms with E-state index in [0.717, 1.165) is 13.8 Å². The quantitative estimate of drug-likeness (QED) is 0.0342. The van der Waals surface area contributed by atoms with E-state index < -0.39 is 129 Å². The highest BCUT2D eigenvalue weighted by molar-refractivity contribution is 5.92. The van der Waals surface area contributed by atoms with Gasteiger partial charge in [0.05, 0.1) is 78.9 Å². The maximum atomic E-state index is 13.3. The minimum absolute atomic E-state index is 0.0178. The lowest BCUT2D eigenvalue weighted by Crippen LogP contribution is -2.68. The summed E-state index contributed by atoms with van der Waals surface area (Å²) < 4.78 is 37.6. The number of carboxylic acid groups (broad SMARTS) is 1. The summed E-state index contributed by atoms with van der Waals surface area (Å²) in [6, 6.07) is -4.37. The number of rotatable bonds is 27. The first kappa shape index (κ1) is 50.4. The molecule has 25 heteroatoms. The Morgan fingerprint density at radius 1 is 0.638 bits per heavy atom. The molecule has 2 aliphatic heterocycles. The van der Waals surface area contributed by atoms with Gasteiger partial charge in [-0.15, -0.1) is 0 Å². The van der Waals surface area contributed by atoms with Gasteiger partial charge >= 0.3 is 5.97 Å². The van der Waals surface area contributed by atoms with Gasteiger partial charge in [-0.2, -0.15) is 0 Å². The molecule has 2 saturated heterocycles. The van der Waals surface area contributed by atoms with Crippen molar-refractivity contribution >= 4 is 35.5 Å². The van der Waals surface area contributed by atoms with Gasteiger partial charge in [0.15, 0.2) is 12.5 Å². The van der Waals surface area contributed by atoms with Crippen LogP contribution in [-0.2, 0) is 61.9 Å². The number of carbonyl (C=O) groups excluding carboxylic acids is 5. The van der Waals surface area contributed by atoms with Crippen molar-refractivity contribution in [3.05, 3.63) is 0 Å². The van der Waals surface area contributed by atoms with Crippen LogP contribution in [0, 0.1) is 0 Å². The molecule has 0 saturated carbocycles. The summed E-state index contributed by atoms with van der Waals surface area (Å²) in [4.78, 5) is 73.6. The largest absolute Gasteiger partial charge is 0.481 e. The molecule has 0 radical (unpaired) electrons. The lowest BCUT2D eigenvalue weighted by molar-refractivity contribution is -0.268. The number of hydrogen-bond acceptors (Lipinski definition) is 19. The zero-order valence-electron chi connectivity index (χ0n) is 32.2. The molecule has 0 aliphatic carbocycles. The van der Waals surface area contributed by atoms with Gasteiger partial charge in [0.2, 0.25) is 29.5 Å². The molecule has 2 heterocycles. The van der Waals surface area contributed by atoms with Gasteiger partial charge in [0, 0.05) is 20.4 Å². The van der Waals surface area contributed by atoms with Crippen LogP contribution in [0.25, 0.3) is 0 Å². The number of aliphatic carboxylic acids is 1. The number of amides is 5. The molecule has 2 aliphatic rings. The van der Waals surface area contributed by atoms with Crippen molar-refractivity contribution in [2.45, 2.75) is 94.0 Å². The molecule has 25 nitrogen and oxygen atoms in total. The van der Waals surface area contributed by atoms with Crippen LogP contribution < -0.4 is 26.6 Å². The molecule has 2 fully saturated rings. The van der Waals surface area contributed by atoms with E-state index in [4.69, 9.17) is 38.3 Å². The summed E-state index contributed by atoms with van der Waals surface area (Å²) in [5.74, 6) is -5.07. The molecule has 11 atom stereocenters. The van der Waals surface area contributed by atoms with Crippen LogP contribution in [0.2, 0.25) is 0 Å². The van der Waals surface area contributed by atoms with E-state index >= 15 is 0 Å². The predicted octanol–water partition coefficient (Wildman–Crippen LogP) is -7.46. The van der Waals surface area contributed by atoms with Gasteiger partial charge < -0.3 is 95.5 Å². The van der Waals surface area contributed by atoms with Crippen molar-refractivity contribution in [3.63, 3.8) is 0 Å². The van der Waals surface area contributed by atoms with Gasteiger partial charge in [-0.05, 0) is 0 Å². The van der Waals surface area contributed by atoms with Gasteiger partial charge in [0.25, 0.3) is 0 Å². The van der Waals surface area contributed by atoms with Crippen molar-refractivity contribution in [1.82, 2.24) is 26.6 Å². The van der Waals surface area contributed by atoms with Crippen LogP contribution >= 0.6 is 0 Å². The maximum Gasteiger partial charge on any atom is 0.305 e. The van der Waals surface area contributed by atoms with Crippen molar-refractivity contribution in [3.8, 4) is 0 Å². The summed E-state index contributed by atoms with van der Waals surface area (Å²) in [6.45, 7) is 1.11. The number of nitrogens with one attached hydrogen (secondary N) is 5. The Bertz CT molecular complexity index is 1300. The molecule has 12 N–H and O–H groups in total. The van der Waals surface area contributed by atoms with Crippen LogP contribution in [0.3, 0.4) is 0 Å². The summed E-state index contributed by atoms with van der Waals surface area (Å²) >= 11 is 0. The SMILES string of the molecule is CC(=O)N[C@@H]1[C@@H](O)[C@H](O)[C@@H](CO)O[C@H]1NC(=O)C[C@H](NC(=O)CO[C@@H]1O[C@H](CO)[C@@H](O)[C@H](O)[C@H]1NC(C)=O)C(=O)NCCOCCOCCOCCOCCC(=O)O. The average molecular weight is 844 g/mol. The first-order valence-corrected chi connectivity index (χ1v) is 18.4. The summed E-state index contributed by atoms with van der Waals surface area (Å²) in [7, 11) is 0. The third kappa shape index (κ3) is 18.1. The zero-order valence-corrected chi connectivity index (χ0v) is 32.2. The Morgan fingerprint density at radius 2 is 1.14 bits per heavy atom. The number of ether oxygens (including phenoxy) is 7. The number of carbonyl (C=O) groups is 6. The Morgan fingerprint density at radius 3 is 1.67 bits per heavy atom. The Labute approximate surface area is 332 Å². The van der Waals surface area contributed by atoms with Gasteiger partial charge in [-0.3, -0.25) is 28.8 Å². The second-order valence-electron chi connectivity index (χ2n) is 13.0. The molecule has 2 rings (SSSR count). The monoisotopic (exact) mass is 843 g/mol. The van der Waals surface area contributed by atoms with Gasteiger partial charge in [0.1, 0.15) is 61.4 Å². The highest BCUT2D eigenvalue weighted by Gasteiger charge is 2.47. The topological polar surface area (TPSA) is 369 Å². The maximum absolute atomic E-state index is 13.3. The van der Waals surface area contributed by atoms with E-state index in [1.165, 1.54) is 0 Å². The average Bonchev–Trinajstić information content (AvgIpc) is 3.16. The Kier molecular flexibility index (Phi) is 23.6. The Balaban J connectivity index is 1.98. The van der Waals surface area contributed by atoms with Gasteiger partial charge in [-0.25, -0.2) is 0 Å². The molecule has 0 spiro atoms. The molecule has 0 aromatic rings. The second-order valence-corrected chi connectivity index (χ2v) is 13.0. The molecule has 0 bridgehead atoms. The third-order valence-electron chi connectivity index (χ3n) is 8.39. The predicted molar refractivity (Wildman–Crippen MR) is 190 cm³/mol. The fourth-order valence-corrected chi connectivity index (χ4v) is 5.55. The molecular formula is C33H57N5O20. The highest BCUT2D eigenvalue weighted by atomic mass is 16.7. The fourth-order valence-electron chi connectivity index (χ4n) is 5.55. The van der Waals surface area contributed by atoms with Crippen molar-refractivity contribution in [2.75, 3.05) is 79.2 Å². The third-order valence-corrected chi connectivity index (χ3v) is 8.39. The first-order valence-electron chi connectivity index (χ1n) is 18.4. The molecular weight excluding hydrogens is 786 g/mol. The number of hydrogen-bond donors (Lipinski definition) is 12. The summed E-state index contributed by atoms with van der Waals surface area (Å²) in [6.07, 6.45) is -13.2. The normalized spacial score (nSPS) is 27.5. The van der Waals surface area contributed by atoms with E-state index in [9.17, 15) is 59.4 Å². The molecule has 0 unspecified atom stereocenters. The molecule has 0 aromatic heterocycles. The molecule has 5 amide bonds. The van der Waals surface area contributed by atoms with E-state index in [-0.39, 0.29) is 65.8 Å². The van der Waals surface area contributed by atoms with E-state index in [1.54, 1.807) is 0 Å². The Hall–Kier alpha value is -3.70.